The Hall–Kier alpha value is -0.870. The van der Waals surface area contributed by atoms with Gasteiger partial charge in [-0.2, -0.15) is 0 Å². The van der Waals surface area contributed by atoms with Crippen LogP contribution >= 0.6 is 11.3 Å². The highest BCUT2D eigenvalue weighted by molar-refractivity contribution is 7.09. The van der Waals surface area contributed by atoms with Crippen molar-refractivity contribution in [2.75, 3.05) is 13.1 Å². The van der Waals surface area contributed by atoms with Crippen molar-refractivity contribution in [2.24, 2.45) is 0 Å². The molecule has 2 bridgehead atoms. The lowest BCUT2D eigenvalue weighted by molar-refractivity contribution is -0.133. The standard InChI is InChI=1S/C15H22N2OS/c18-15(5-1-3-14-4-2-10-19-14)17-12-6-7-13(17)11-16-9-8-12/h2,4,10,12-13,16H,1,3,5-9,11H2. The van der Waals surface area contributed by atoms with Crippen LogP contribution in [0.3, 0.4) is 0 Å². The van der Waals surface area contributed by atoms with Gasteiger partial charge in [0.2, 0.25) is 5.91 Å². The van der Waals surface area contributed by atoms with Crippen molar-refractivity contribution in [3.63, 3.8) is 0 Å². The highest BCUT2D eigenvalue weighted by Crippen LogP contribution is 2.28. The first-order chi connectivity index (χ1) is 9.34. The number of fused-ring (bicyclic) bond motifs is 2. The first-order valence-corrected chi connectivity index (χ1v) is 8.27. The van der Waals surface area contributed by atoms with E-state index in [9.17, 15) is 4.79 Å². The molecule has 3 heterocycles. The van der Waals surface area contributed by atoms with E-state index < -0.39 is 0 Å². The number of amides is 1. The SMILES string of the molecule is O=C(CCCc1cccs1)N1C2CCNCC1CC2. The molecule has 2 aliphatic heterocycles. The van der Waals surface area contributed by atoms with Crippen LogP contribution in [0.15, 0.2) is 17.5 Å². The van der Waals surface area contributed by atoms with Gasteiger partial charge in [-0.15, -0.1) is 11.3 Å². The smallest absolute Gasteiger partial charge is 0.223 e. The molecule has 4 heteroatoms. The average molecular weight is 278 g/mol. The Morgan fingerprint density at radius 1 is 1.37 bits per heavy atom. The van der Waals surface area contributed by atoms with Crippen molar-refractivity contribution < 1.29 is 4.79 Å². The molecule has 1 N–H and O–H groups in total. The Labute approximate surface area is 119 Å². The monoisotopic (exact) mass is 278 g/mol. The average Bonchev–Trinajstić information content (AvgIpc) is 2.96. The second kappa shape index (κ2) is 6.06. The molecule has 0 saturated carbocycles. The van der Waals surface area contributed by atoms with Crippen molar-refractivity contribution in [3.05, 3.63) is 22.4 Å². The number of thiophene rings is 1. The summed E-state index contributed by atoms with van der Waals surface area (Å²) < 4.78 is 0. The van der Waals surface area contributed by atoms with Crippen molar-refractivity contribution in [1.29, 1.82) is 0 Å². The molecule has 3 nitrogen and oxygen atoms in total. The third-order valence-electron chi connectivity index (χ3n) is 4.34. The summed E-state index contributed by atoms with van der Waals surface area (Å²) >= 11 is 1.79. The van der Waals surface area contributed by atoms with Gasteiger partial charge in [0.25, 0.3) is 0 Å². The van der Waals surface area contributed by atoms with Crippen molar-refractivity contribution in [1.82, 2.24) is 10.2 Å². The first kappa shape index (κ1) is 13.1. The van der Waals surface area contributed by atoms with Crippen LogP contribution in [0.1, 0.15) is 37.0 Å². The van der Waals surface area contributed by atoms with Gasteiger partial charge in [-0.3, -0.25) is 4.79 Å². The van der Waals surface area contributed by atoms with E-state index in [0.717, 1.165) is 32.4 Å². The fourth-order valence-corrected chi connectivity index (χ4v) is 4.14. The minimum Gasteiger partial charge on any atom is -0.335 e. The Balaban J connectivity index is 1.52. The highest BCUT2D eigenvalue weighted by atomic mass is 32.1. The van der Waals surface area contributed by atoms with Gasteiger partial charge < -0.3 is 10.2 Å². The second-order valence-electron chi connectivity index (χ2n) is 5.61. The zero-order chi connectivity index (χ0) is 13.1. The first-order valence-electron chi connectivity index (χ1n) is 7.39. The maximum atomic E-state index is 12.4. The van der Waals surface area contributed by atoms with Crippen molar-refractivity contribution in [2.45, 2.75) is 50.6 Å². The molecule has 2 atom stereocenters. The van der Waals surface area contributed by atoms with Crippen molar-refractivity contribution >= 4 is 17.2 Å². The van der Waals surface area contributed by atoms with Crippen LogP contribution in [0.25, 0.3) is 0 Å². The zero-order valence-electron chi connectivity index (χ0n) is 11.3. The molecule has 1 amide bonds. The van der Waals surface area contributed by atoms with E-state index in [2.05, 4.69) is 27.7 Å². The molecule has 0 aliphatic carbocycles. The van der Waals surface area contributed by atoms with Crippen LogP contribution in [0.2, 0.25) is 0 Å². The molecule has 2 saturated heterocycles. The summed E-state index contributed by atoms with van der Waals surface area (Å²) in [6, 6.07) is 5.22. The lowest BCUT2D eigenvalue weighted by Gasteiger charge is -2.28. The van der Waals surface area contributed by atoms with Crippen LogP contribution < -0.4 is 5.32 Å². The molecule has 1 aromatic heterocycles. The number of hydrogen-bond donors (Lipinski definition) is 1. The van der Waals surface area contributed by atoms with E-state index in [-0.39, 0.29) is 0 Å². The summed E-state index contributed by atoms with van der Waals surface area (Å²) in [5, 5.41) is 5.56. The van der Waals surface area contributed by atoms with E-state index in [1.807, 2.05) is 0 Å². The number of nitrogens with zero attached hydrogens (tertiary/aromatic N) is 1. The van der Waals surface area contributed by atoms with Crippen LogP contribution in [0, 0.1) is 0 Å². The molecule has 2 fully saturated rings. The van der Waals surface area contributed by atoms with Gasteiger partial charge in [0.1, 0.15) is 0 Å². The molecule has 0 radical (unpaired) electrons. The van der Waals surface area contributed by atoms with Gasteiger partial charge in [0.05, 0.1) is 0 Å². The minimum atomic E-state index is 0.382. The second-order valence-corrected chi connectivity index (χ2v) is 6.64. The largest absolute Gasteiger partial charge is 0.335 e. The van der Waals surface area contributed by atoms with Gasteiger partial charge >= 0.3 is 0 Å². The van der Waals surface area contributed by atoms with Crippen LogP contribution in [0.5, 0.6) is 0 Å². The quantitative estimate of drug-likeness (QED) is 0.917. The number of nitrogens with one attached hydrogen (secondary N) is 1. The topological polar surface area (TPSA) is 32.3 Å². The molecule has 1 aromatic rings. The van der Waals surface area contributed by atoms with Crippen LogP contribution in [-0.2, 0) is 11.2 Å². The molecule has 3 rings (SSSR count). The third kappa shape index (κ3) is 3.00. The molecule has 19 heavy (non-hydrogen) atoms. The normalized spacial score (nSPS) is 26.4. The van der Waals surface area contributed by atoms with Crippen LogP contribution in [-0.4, -0.2) is 36.0 Å². The predicted octanol–water partition coefficient (Wildman–Crippen LogP) is 2.42. The van der Waals surface area contributed by atoms with E-state index in [1.165, 1.54) is 17.7 Å². The highest BCUT2D eigenvalue weighted by Gasteiger charge is 2.37. The fourth-order valence-electron chi connectivity index (χ4n) is 3.39. The number of rotatable bonds is 4. The molecule has 2 aliphatic rings. The maximum Gasteiger partial charge on any atom is 0.223 e. The summed E-state index contributed by atoms with van der Waals surface area (Å²) in [6.45, 7) is 2.06. The summed E-state index contributed by atoms with van der Waals surface area (Å²) in [7, 11) is 0. The summed E-state index contributed by atoms with van der Waals surface area (Å²) in [4.78, 5) is 16.0. The Bertz CT molecular complexity index is 404. The molecule has 104 valence electrons. The number of aryl methyl sites for hydroxylation is 1. The Morgan fingerprint density at radius 3 is 3.11 bits per heavy atom. The summed E-state index contributed by atoms with van der Waals surface area (Å²) in [5.74, 6) is 0.382. The molecule has 2 unspecified atom stereocenters. The molecule has 0 spiro atoms. The summed E-state index contributed by atoms with van der Waals surface area (Å²) in [5.41, 5.74) is 0. The molecule has 0 aromatic carbocycles. The Kier molecular flexibility index (Phi) is 4.18. The lowest BCUT2D eigenvalue weighted by atomic mass is 10.1. The van der Waals surface area contributed by atoms with Gasteiger partial charge in [-0.1, -0.05) is 6.07 Å². The number of hydrogen-bond acceptors (Lipinski definition) is 3. The van der Waals surface area contributed by atoms with Gasteiger partial charge in [0, 0.05) is 29.9 Å². The van der Waals surface area contributed by atoms with E-state index in [1.54, 1.807) is 11.3 Å². The minimum absolute atomic E-state index is 0.382. The molecular formula is C15H22N2OS. The van der Waals surface area contributed by atoms with Crippen LogP contribution in [0.4, 0.5) is 0 Å². The van der Waals surface area contributed by atoms with E-state index in [0.29, 0.717) is 24.4 Å². The van der Waals surface area contributed by atoms with Gasteiger partial charge in [-0.05, 0) is 50.1 Å². The van der Waals surface area contributed by atoms with Gasteiger partial charge in [0.15, 0.2) is 0 Å². The lowest BCUT2D eigenvalue weighted by Crippen LogP contribution is -2.42. The number of carbonyl (C=O) groups is 1. The summed E-state index contributed by atoms with van der Waals surface area (Å²) in [6.07, 6.45) is 6.28. The Morgan fingerprint density at radius 2 is 2.26 bits per heavy atom. The van der Waals surface area contributed by atoms with Crippen molar-refractivity contribution in [3.8, 4) is 0 Å². The third-order valence-corrected chi connectivity index (χ3v) is 5.27. The van der Waals surface area contributed by atoms with E-state index in [4.69, 9.17) is 0 Å². The molecular weight excluding hydrogens is 256 g/mol. The fraction of sp³-hybridized carbons (Fsp3) is 0.667. The maximum absolute atomic E-state index is 12.4. The van der Waals surface area contributed by atoms with Gasteiger partial charge in [-0.25, -0.2) is 0 Å². The predicted molar refractivity (Wildman–Crippen MR) is 78.4 cm³/mol. The zero-order valence-corrected chi connectivity index (χ0v) is 12.1. The van der Waals surface area contributed by atoms with E-state index >= 15 is 0 Å². The number of carbonyl (C=O) groups excluding carboxylic acids is 1.